The second kappa shape index (κ2) is 8.41. The zero-order valence-corrected chi connectivity index (χ0v) is 18.4. The van der Waals surface area contributed by atoms with E-state index in [1.165, 1.54) is 16.7 Å². The number of nitrogen functional groups attached to an aromatic ring is 1. The number of sulfone groups is 1. The van der Waals surface area contributed by atoms with E-state index >= 15 is 0 Å². The van der Waals surface area contributed by atoms with E-state index in [4.69, 9.17) is 5.73 Å². The highest BCUT2D eigenvalue weighted by atomic mass is 32.2. The van der Waals surface area contributed by atoms with Crippen molar-refractivity contribution >= 4 is 32.8 Å². The van der Waals surface area contributed by atoms with Crippen LogP contribution in [0.5, 0.6) is 0 Å². The third-order valence-corrected chi connectivity index (χ3v) is 7.86. The largest absolute Gasteiger partial charge is 0.393 e. The highest BCUT2D eigenvalue weighted by Gasteiger charge is 2.25. The smallest absolute Gasteiger partial charge is 0.275 e. The van der Waals surface area contributed by atoms with Gasteiger partial charge in [0.25, 0.3) is 5.56 Å². The molecule has 0 saturated carbocycles. The molecule has 30 heavy (non-hydrogen) atoms. The van der Waals surface area contributed by atoms with E-state index in [1.54, 1.807) is 18.4 Å². The first-order valence-corrected chi connectivity index (χ1v) is 11.5. The third-order valence-electron chi connectivity index (χ3n) is 4.67. The molecule has 0 aliphatic carbocycles. The summed E-state index contributed by atoms with van der Waals surface area (Å²) >= 11 is 1.04. The number of carbonyl (C=O) groups excluding carboxylic acids is 1. The number of aromatic nitrogens is 2. The van der Waals surface area contributed by atoms with Crippen molar-refractivity contribution in [2.24, 2.45) is 0 Å². The number of amides is 1. The standard InChI is InChI=1S/C20H22N4O4S2/c1-12-6-7-15(14(3)23-12)10-22-17(25)11-24-13(2)9-16(19(21)20(24)26)30(27,28)18-5-4-8-29-18/h4-9H,10-11,21H2,1-3H3,(H,22,25). The summed E-state index contributed by atoms with van der Waals surface area (Å²) in [5.74, 6) is -0.395. The van der Waals surface area contributed by atoms with Gasteiger partial charge >= 0.3 is 0 Å². The molecule has 0 atom stereocenters. The number of nitrogens with one attached hydrogen (secondary N) is 1. The summed E-state index contributed by atoms with van der Waals surface area (Å²) in [6.07, 6.45) is 0. The van der Waals surface area contributed by atoms with Gasteiger partial charge in [0.2, 0.25) is 15.7 Å². The average Bonchev–Trinajstić information content (AvgIpc) is 3.23. The van der Waals surface area contributed by atoms with Gasteiger partial charge in [-0.25, -0.2) is 8.42 Å². The molecule has 3 rings (SSSR count). The molecule has 3 aromatic heterocycles. The number of hydrogen-bond donors (Lipinski definition) is 2. The van der Waals surface area contributed by atoms with Crippen molar-refractivity contribution in [2.45, 2.75) is 43.0 Å². The first-order valence-electron chi connectivity index (χ1n) is 9.09. The van der Waals surface area contributed by atoms with Gasteiger partial charge in [0.15, 0.2) is 0 Å². The Morgan fingerprint density at radius 2 is 1.97 bits per heavy atom. The molecule has 0 saturated heterocycles. The highest BCUT2D eigenvalue weighted by Crippen LogP contribution is 2.27. The molecule has 10 heteroatoms. The van der Waals surface area contributed by atoms with E-state index in [0.29, 0.717) is 5.69 Å². The number of thiophene rings is 1. The Balaban J connectivity index is 1.82. The summed E-state index contributed by atoms with van der Waals surface area (Å²) in [7, 11) is -3.90. The van der Waals surface area contributed by atoms with Crippen LogP contribution in [0.2, 0.25) is 0 Å². The number of anilines is 1. The normalized spacial score (nSPS) is 11.4. The van der Waals surface area contributed by atoms with Crippen LogP contribution >= 0.6 is 11.3 Å². The van der Waals surface area contributed by atoms with E-state index < -0.39 is 27.0 Å². The van der Waals surface area contributed by atoms with Crippen LogP contribution in [0.15, 0.2) is 49.6 Å². The Hall–Kier alpha value is -2.98. The molecule has 3 N–H and O–H groups in total. The molecule has 3 aromatic rings. The topological polar surface area (TPSA) is 124 Å². The van der Waals surface area contributed by atoms with Crippen molar-refractivity contribution in [3.05, 3.63) is 68.7 Å². The lowest BCUT2D eigenvalue weighted by Crippen LogP contribution is -2.35. The highest BCUT2D eigenvalue weighted by molar-refractivity contribution is 7.93. The first-order chi connectivity index (χ1) is 14.1. The van der Waals surface area contributed by atoms with Crippen molar-refractivity contribution < 1.29 is 13.2 Å². The second-order valence-electron chi connectivity index (χ2n) is 6.86. The number of hydrogen-bond acceptors (Lipinski definition) is 7. The Morgan fingerprint density at radius 1 is 1.23 bits per heavy atom. The summed E-state index contributed by atoms with van der Waals surface area (Å²) in [5, 5.41) is 4.38. The average molecular weight is 447 g/mol. The Labute approximate surface area is 178 Å². The first kappa shape index (κ1) is 21.7. The quantitative estimate of drug-likeness (QED) is 0.596. The van der Waals surface area contributed by atoms with Crippen LogP contribution < -0.4 is 16.6 Å². The third kappa shape index (κ3) is 4.29. The van der Waals surface area contributed by atoms with Crippen LogP contribution in [-0.4, -0.2) is 23.9 Å². The molecular formula is C20H22N4O4S2. The molecule has 0 radical (unpaired) electrons. The number of aryl methyl sites for hydroxylation is 3. The lowest BCUT2D eigenvalue weighted by molar-refractivity contribution is -0.121. The van der Waals surface area contributed by atoms with Crippen LogP contribution in [0.1, 0.15) is 22.6 Å². The molecule has 8 nitrogen and oxygen atoms in total. The molecule has 0 bridgehead atoms. The maximum absolute atomic E-state index is 12.8. The molecule has 0 aliphatic rings. The predicted octanol–water partition coefficient (Wildman–Crippen LogP) is 1.96. The van der Waals surface area contributed by atoms with Crippen LogP contribution in [-0.2, 0) is 27.7 Å². The van der Waals surface area contributed by atoms with Crippen LogP contribution in [0, 0.1) is 20.8 Å². The number of nitrogens with zero attached hydrogens (tertiary/aromatic N) is 2. The van der Waals surface area contributed by atoms with Crippen LogP contribution in [0.3, 0.4) is 0 Å². The van der Waals surface area contributed by atoms with Gasteiger partial charge in [-0.1, -0.05) is 12.1 Å². The fourth-order valence-electron chi connectivity index (χ4n) is 3.00. The number of rotatable bonds is 6. The lowest BCUT2D eigenvalue weighted by atomic mass is 10.2. The van der Waals surface area contributed by atoms with E-state index in [2.05, 4.69) is 10.3 Å². The maximum Gasteiger partial charge on any atom is 0.275 e. The van der Waals surface area contributed by atoms with Crippen LogP contribution in [0.4, 0.5) is 5.69 Å². The minimum Gasteiger partial charge on any atom is -0.393 e. The fraction of sp³-hybridized carbons (Fsp3) is 0.250. The zero-order chi connectivity index (χ0) is 22.1. The second-order valence-corrected chi connectivity index (χ2v) is 9.96. The number of pyridine rings is 2. The van der Waals surface area contributed by atoms with Crippen molar-refractivity contribution in [3.8, 4) is 0 Å². The summed E-state index contributed by atoms with van der Waals surface area (Å²) in [6, 6.07) is 8.13. The molecule has 0 spiro atoms. The van der Waals surface area contributed by atoms with Crippen molar-refractivity contribution in [1.82, 2.24) is 14.9 Å². The summed E-state index contributed by atoms with van der Waals surface area (Å²) in [6.45, 7) is 5.31. The molecule has 0 aromatic carbocycles. The fourth-order valence-corrected chi connectivity index (χ4v) is 5.56. The maximum atomic E-state index is 12.8. The van der Waals surface area contributed by atoms with Gasteiger partial charge in [-0.05, 0) is 49.9 Å². The van der Waals surface area contributed by atoms with Gasteiger partial charge in [0.05, 0.1) is 0 Å². The van der Waals surface area contributed by atoms with E-state index in [-0.39, 0.29) is 22.2 Å². The van der Waals surface area contributed by atoms with E-state index in [1.807, 2.05) is 26.0 Å². The van der Waals surface area contributed by atoms with Crippen molar-refractivity contribution in [2.75, 3.05) is 5.73 Å². The van der Waals surface area contributed by atoms with Gasteiger partial charge in [-0.3, -0.25) is 14.6 Å². The summed E-state index contributed by atoms with van der Waals surface area (Å²) < 4.78 is 26.8. The molecule has 158 valence electrons. The van der Waals surface area contributed by atoms with Gasteiger partial charge in [0, 0.05) is 23.6 Å². The molecule has 3 heterocycles. The molecule has 1 amide bonds. The monoisotopic (exact) mass is 446 g/mol. The zero-order valence-electron chi connectivity index (χ0n) is 16.8. The van der Waals surface area contributed by atoms with Gasteiger partial charge in [-0.2, -0.15) is 0 Å². The van der Waals surface area contributed by atoms with E-state index in [0.717, 1.165) is 28.3 Å². The Kier molecular flexibility index (Phi) is 6.09. The minimum atomic E-state index is -3.90. The van der Waals surface area contributed by atoms with E-state index in [9.17, 15) is 18.0 Å². The van der Waals surface area contributed by atoms with Crippen LogP contribution in [0.25, 0.3) is 0 Å². The van der Waals surface area contributed by atoms with Gasteiger partial charge < -0.3 is 15.6 Å². The van der Waals surface area contributed by atoms with Gasteiger partial charge in [0.1, 0.15) is 21.3 Å². The Morgan fingerprint density at radius 3 is 2.60 bits per heavy atom. The minimum absolute atomic E-state index is 0.102. The molecule has 0 unspecified atom stereocenters. The number of nitrogens with two attached hydrogens (primary N) is 1. The summed E-state index contributed by atoms with van der Waals surface area (Å²) in [5.41, 5.74) is 7.65. The van der Waals surface area contributed by atoms with Gasteiger partial charge in [-0.15, -0.1) is 11.3 Å². The summed E-state index contributed by atoms with van der Waals surface area (Å²) in [4.78, 5) is 29.2. The molecular weight excluding hydrogens is 424 g/mol. The lowest BCUT2D eigenvalue weighted by Gasteiger charge is -2.14. The van der Waals surface area contributed by atoms with Crippen molar-refractivity contribution in [1.29, 1.82) is 0 Å². The Bertz CT molecular complexity index is 1260. The SMILES string of the molecule is Cc1ccc(CNC(=O)Cn2c(C)cc(S(=O)(=O)c3cccs3)c(N)c2=O)c(C)n1. The number of carbonyl (C=O) groups is 1. The predicted molar refractivity (Wildman–Crippen MR) is 115 cm³/mol. The molecule has 0 fully saturated rings. The molecule has 0 aliphatic heterocycles. The van der Waals surface area contributed by atoms with Crippen molar-refractivity contribution in [3.63, 3.8) is 0 Å².